The van der Waals surface area contributed by atoms with Crippen LogP contribution in [0, 0.1) is 33.1 Å². The number of hydrogen-bond acceptors (Lipinski definition) is 5. The number of hydrogen-bond donors (Lipinski definition) is 2. The summed E-state index contributed by atoms with van der Waals surface area (Å²) in [5, 5.41) is 24.2. The molecule has 0 aliphatic heterocycles. The third-order valence-electron chi connectivity index (χ3n) is 3.00. The molecule has 0 aliphatic carbocycles. The number of carbonyl (C=O) groups is 1. The van der Waals surface area contributed by atoms with Crippen molar-refractivity contribution in [2.45, 2.75) is 0 Å². The Kier molecular flexibility index (Phi) is 5.37. The summed E-state index contributed by atoms with van der Waals surface area (Å²) in [6, 6.07) is 9.85. The number of nitriles is 1. The van der Waals surface area contributed by atoms with Crippen molar-refractivity contribution in [3.63, 3.8) is 0 Å². The fourth-order valence-electron chi connectivity index (χ4n) is 1.82. The molecule has 0 atom stereocenters. The molecule has 1 amide bonds. The lowest BCUT2D eigenvalue weighted by molar-refractivity contribution is -0.384. The molecular weight excluding hydrogens is 334 g/mol. The number of para-hydroxylation sites is 1. The Hall–Kier alpha value is -3.80. The number of nitro benzene ring substituents is 1. The highest BCUT2D eigenvalue weighted by molar-refractivity contribution is 6.06. The largest absolute Gasteiger partial charge is 0.355 e. The Morgan fingerprint density at radius 2 is 1.84 bits per heavy atom. The number of halogens is 2. The number of benzene rings is 2. The van der Waals surface area contributed by atoms with E-state index in [1.54, 1.807) is 6.07 Å². The van der Waals surface area contributed by atoms with Gasteiger partial charge in [0.2, 0.25) is 0 Å². The molecule has 2 aromatic rings. The highest BCUT2D eigenvalue weighted by Gasteiger charge is 2.13. The summed E-state index contributed by atoms with van der Waals surface area (Å²) in [7, 11) is 0. The molecule has 0 bridgehead atoms. The Balaban J connectivity index is 2.17. The molecule has 0 fully saturated rings. The smallest absolute Gasteiger partial charge is 0.271 e. The van der Waals surface area contributed by atoms with Gasteiger partial charge in [-0.1, -0.05) is 12.1 Å². The number of nitrogens with one attached hydrogen (secondary N) is 2. The molecule has 25 heavy (non-hydrogen) atoms. The van der Waals surface area contributed by atoms with E-state index in [1.807, 2.05) is 0 Å². The fourth-order valence-corrected chi connectivity index (χ4v) is 1.82. The third kappa shape index (κ3) is 4.35. The van der Waals surface area contributed by atoms with Crippen LogP contribution in [0.5, 0.6) is 0 Å². The zero-order valence-corrected chi connectivity index (χ0v) is 12.5. The molecule has 0 unspecified atom stereocenters. The third-order valence-corrected chi connectivity index (χ3v) is 3.00. The second kappa shape index (κ2) is 7.65. The summed E-state index contributed by atoms with van der Waals surface area (Å²) in [6.45, 7) is 0. The first-order valence-electron chi connectivity index (χ1n) is 6.79. The predicted molar refractivity (Wildman–Crippen MR) is 85.4 cm³/mol. The minimum Gasteiger partial charge on any atom is -0.355 e. The van der Waals surface area contributed by atoms with E-state index in [0.29, 0.717) is 0 Å². The van der Waals surface area contributed by atoms with Crippen molar-refractivity contribution in [3.8, 4) is 6.07 Å². The van der Waals surface area contributed by atoms with E-state index in [0.717, 1.165) is 24.4 Å². The minimum atomic E-state index is -0.896. The molecule has 0 saturated carbocycles. The van der Waals surface area contributed by atoms with Crippen molar-refractivity contribution < 1.29 is 18.5 Å². The van der Waals surface area contributed by atoms with E-state index in [9.17, 15) is 23.7 Å². The van der Waals surface area contributed by atoms with Gasteiger partial charge >= 0.3 is 0 Å². The summed E-state index contributed by atoms with van der Waals surface area (Å²) in [5.41, 5.74) is -1.14. The second-order valence-corrected chi connectivity index (χ2v) is 4.67. The summed E-state index contributed by atoms with van der Waals surface area (Å²) >= 11 is 0. The molecule has 0 saturated heterocycles. The zero-order valence-electron chi connectivity index (χ0n) is 12.5. The van der Waals surface area contributed by atoms with E-state index in [-0.39, 0.29) is 11.4 Å². The predicted octanol–water partition coefficient (Wildman–Crippen LogP) is 3.33. The van der Waals surface area contributed by atoms with Crippen LogP contribution >= 0.6 is 0 Å². The molecule has 0 spiro atoms. The monoisotopic (exact) mass is 344 g/mol. The van der Waals surface area contributed by atoms with Crippen molar-refractivity contribution in [2.75, 3.05) is 10.6 Å². The van der Waals surface area contributed by atoms with Gasteiger partial charge in [0, 0.05) is 24.0 Å². The maximum atomic E-state index is 13.5. The molecule has 2 aromatic carbocycles. The Morgan fingerprint density at radius 3 is 2.44 bits per heavy atom. The van der Waals surface area contributed by atoms with Crippen LogP contribution in [0.4, 0.5) is 25.8 Å². The topological polar surface area (TPSA) is 108 Å². The van der Waals surface area contributed by atoms with Crippen LogP contribution in [0.2, 0.25) is 0 Å². The van der Waals surface area contributed by atoms with Crippen molar-refractivity contribution in [1.82, 2.24) is 0 Å². The first-order valence-corrected chi connectivity index (χ1v) is 6.79. The molecule has 0 radical (unpaired) electrons. The SMILES string of the molecule is N#C/C(=C/Nc1c(F)cccc1F)C(=O)Nc1cccc([N+](=O)[O-])c1. The van der Waals surface area contributed by atoms with E-state index in [2.05, 4.69) is 10.6 Å². The van der Waals surface area contributed by atoms with Crippen LogP contribution in [0.25, 0.3) is 0 Å². The normalized spacial score (nSPS) is 10.7. The zero-order chi connectivity index (χ0) is 18.4. The molecule has 0 aliphatic rings. The molecule has 9 heteroatoms. The van der Waals surface area contributed by atoms with Gasteiger partial charge in [0.05, 0.1) is 4.92 Å². The van der Waals surface area contributed by atoms with Gasteiger partial charge in [-0.15, -0.1) is 0 Å². The van der Waals surface area contributed by atoms with E-state index >= 15 is 0 Å². The highest BCUT2D eigenvalue weighted by atomic mass is 19.1. The van der Waals surface area contributed by atoms with Crippen LogP contribution in [0.3, 0.4) is 0 Å². The van der Waals surface area contributed by atoms with Crippen molar-refractivity contribution in [3.05, 3.63) is 76.0 Å². The molecule has 126 valence electrons. The molecule has 7 nitrogen and oxygen atoms in total. The number of carbonyl (C=O) groups excluding carboxylic acids is 1. The number of non-ortho nitro benzene ring substituents is 1. The summed E-state index contributed by atoms with van der Waals surface area (Å²) in [4.78, 5) is 22.1. The number of amides is 1. The standard InChI is InChI=1S/C16H10F2N4O3/c17-13-5-2-6-14(18)15(13)20-9-10(8-19)16(23)21-11-3-1-4-12(7-11)22(24)25/h1-7,9,20H,(H,21,23)/b10-9-. The Bertz CT molecular complexity index is 886. The average molecular weight is 344 g/mol. The van der Waals surface area contributed by atoms with Gasteiger partial charge in [-0.3, -0.25) is 14.9 Å². The lowest BCUT2D eigenvalue weighted by atomic mass is 10.2. The maximum Gasteiger partial charge on any atom is 0.271 e. The van der Waals surface area contributed by atoms with E-state index < -0.39 is 33.7 Å². The van der Waals surface area contributed by atoms with Crippen LogP contribution in [0.1, 0.15) is 0 Å². The van der Waals surface area contributed by atoms with Gasteiger partial charge in [-0.25, -0.2) is 8.78 Å². The minimum absolute atomic E-state index is 0.0948. The van der Waals surface area contributed by atoms with Gasteiger partial charge in [0.25, 0.3) is 11.6 Å². The molecule has 0 heterocycles. The maximum absolute atomic E-state index is 13.5. The molecule has 2 N–H and O–H groups in total. The van der Waals surface area contributed by atoms with Gasteiger partial charge < -0.3 is 10.6 Å². The summed E-state index contributed by atoms with van der Waals surface area (Å²) in [6.07, 6.45) is 0.841. The molecule has 2 rings (SSSR count). The van der Waals surface area contributed by atoms with Crippen molar-refractivity contribution in [1.29, 1.82) is 5.26 Å². The van der Waals surface area contributed by atoms with Crippen LogP contribution in [-0.4, -0.2) is 10.8 Å². The lowest BCUT2D eigenvalue weighted by Gasteiger charge is -2.06. The second-order valence-electron chi connectivity index (χ2n) is 4.67. The number of rotatable bonds is 5. The first kappa shape index (κ1) is 17.6. The van der Waals surface area contributed by atoms with Crippen LogP contribution < -0.4 is 10.6 Å². The van der Waals surface area contributed by atoms with Crippen LogP contribution in [0.15, 0.2) is 54.2 Å². The van der Waals surface area contributed by atoms with Crippen LogP contribution in [-0.2, 0) is 4.79 Å². The van der Waals surface area contributed by atoms with E-state index in [1.165, 1.54) is 24.3 Å². The molecule has 0 aromatic heterocycles. The Labute approximate surface area is 140 Å². The fraction of sp³-hybridized carbons (Fsp3) is 0. The summed E-state index contributed by atoms with van der Waals surface area (Å²) < 4.78 is 27.0. The number of anilines is 2. The first-order chi connectivity index (χ1) is 11.9. The van der Waals surface area contributed by atoms with Crippen molar-refractivity contribution in [2.24, 2.45) is 0 Å². The van der Waals surface area contributed by atoms with E-state index in [4.69, 9.17) is 5.26 Å². The van der Waals surface area contributed by atoms with Gasteiger partial charge in [-0.2, -0.15) is 5.26 Å². The van der Waals surface area contributed by atoms with Crippen molar-refractivity contribution >= 4 is 23.0 Å². The average Bonchev–Trinajstić information content (AvgIpc) is 2.57. The molecular formula is C16H10F2N4O3. The van der Waals surface area contributed by atoms with Gasteiger partial charge in [-0.05, 0) is 18.2 Å². The number of nitrogens with zero attached hydrogens (tertiary/aromatic N) is 2. The van der Waals surface area contributed by atoms with Gasteiger partial charge in [0.15, 0.2) is 0 Å². The van der Waals surface area contributed by atoms with Gasteiger partial charge in [0.1, 0.15) is 29.0 Å². The number of nitro groups is 1. The highest BCUT2D eigenvalue weighted by Crippen LogP contribution is 2.19. The lowest BCUT2D eigenvalue weighted by Crippen LogP contribution is -2.15. The quantitative estimate of drug-likeness (QED) is 0.374. The Morgan fingerprint density at radius 1 is 1.20 bits per heavy atom. The summed E-state index contributed by atoms with van der Waals surface area (Å²) in [5.74, 6) is -2.69.